The number of amides is 1. The van der Waals surface area contributed by atoms with E-state index in [9.17, 15) is 4.79 Å². The first-order valence-electron chi connectivity index (χ1n) is 6.99. The lowest BCUT2D eigenvalue weighted by Crippen LogP contribution is -2.32. The number of ether oxygens (including phenoxy) is 1. The third kappa shape index (κ3) is 2.56. The number of hydrogen-bond acceptors (Lipinski definition) is 2. The number of aryl methyl sites for hydroxylation is 2. The van der Waals surface area contributed by atoms with Gasteiger partial charge in [-0.15, -0.1) is 0 Å². The highest BCUT2D eigenvalue weighted by Gasteiger charge is 2.64. The average molecular weight is 294 g/mol. The van der Waals surface area contributed by atoms with Crippen molar-refractivity contribution in [1.29, 1.82) is 0 Å². The number of benzene rings is 1. The molecule has 0 aliphatic heterocycles. The van der Waals surface area contributed by atoms with E-state index < -0.39 is 7.26 Å². The van der Waals surface area contributed by atoms with Gasteiger partial charge in [-0.3, -0.25) is 4.79 Å². The Morgan fingerprint density at radius 2 is 1.70 bits per heavy atom. The van der Waals surface area contributed by atoms with Crippen molar-refractivity contribution in [2.24, 2.45) is 0 Å². The van der Waals surface area contributed by atoms with Crippen LogP contribution in [-0.4, -0.2) is 38.2 Å². The van der Waals surface area contributed by atoms with Gasteiger partial charge in [0.05, 0.1) is 7.11 Å². The maximum atomic E-state index is 12.7. The molecule has 1 aromatic carbocycles. The molecule has 1 aliphatic rings. The van der Waals surface area contributed by atoms with Crippen molar-refractivity contribution in [3.8, 4) is 5.75 Å². The molecule has 0 aromatic heterocycles. The van der Waals surface area contributed by atoms with Crippen LogP contribution in [-0.2, 0) is 4.79 Å². The van der Waals surface area contributed by atoms with Crippen molar-refractivity contribution in [1.82, 2.24) is 0 Å². The molecular formula is C16H25NO2P+. The van der Waals surface area contributed by atoms with Gasteiger partial charge in [0, 0.05) is 45.8 Å². The van der Waals surface area contributed by atoms with E-state index in [1.807, 2.05) is 26.0 Å². The summed E-state index contributed by atoms with van der Waals surface area (Å²) in [5.41, 5.74) is 3.05. The maximum Gasteiger partial charge on any atom is 0.268 e. The predicted octanol–water partition coefficient (Wildman–Crippen LogP) is 3.69. The van der Waals surface area contributed by atoms with Gasteiger partial charge < -0.3 is 10.1 Å². The van der Waals surface area contributed by atoms with Crippen LogP contribution in [0.3, 0.4) is 0 Å². The summed E-state index contributed by atoms with van der Waals surface area (Å²) in [6, 6.07) is 3.93. The zero-order chi connectivity index (χ0) is 15.1. The molecule has 0 unspecified atom stereocenters. The number of carbonyl (C=O) groups excluding carboxylic acids is 1. The normalized spacial score (nSPS) is 16.7. The molecule has 1 fully saturated rings. The molecule has 2 rings (SSSR count). The molecule has 3 nitrogen and oxygen atoms in total. The minimum absolute atomic E-state index is 0.0915. The summed E-state index contributed by atoms with van der Waals surface area (Å²) in [7, 11) is 0.480. The number of nitrogens with one attached hydrogen (secondary N) is 1. The number of anilines is 1. The minimum Gasteiger partial charge on any atom is -0.497 e. The highest BCUT2D eigenvalue weighted by Crippen LogP contribution is 2.71. The molecular weight excluding hydrogens is 269 g/mol. The predicted molar refractivity (Wildman–Crippen MR) is 87.8 cm³/mol. The number of methoxy groups -OCH3 is 1. The molecule has 0 saturated heterocycles. The highest BCUT2D eigenvalue weighted by molar-refractivity contribution is 7.76. The van der Waals surface area contributed by atoms with Crippen molar-refractivity contribution in [3.05, 3.63) is 23.3 Å². The number of hydrogen-bond donors (Lipinski definition) is 1. The molecule has 110 valence electrons. The van der Waals surface area contributed by atoms with Crippen LogP contribution in [0.1, 0.15) is 24.0 Å². The molecule has 1 aliphatic carbocycles. The second-order valence-corrected chi connectivity index (χ2v) is 11.5. The first-order chi connectivity index (χ1) is 9.21. The van der Waals surface area contributed by atoms with E-state index in [4.69, 9.17) is 4.74 Å². The van der Waals surface area contributed by atoms with Crippen LogP contribution in [0.25, 0.3) is 0 Å². The molecule has 0 bridgehead atoms. The monoisotopic (exact) mass is 294 g/mol. The maximum absolute atomic E-state index is 12.7. The van der Waals surface area contributed by atoms with Crippen molar-refractivity contribution < 1.29 is 9.53 Å². The van der Waals surface area contributed by atoms with Crippen LogP contribution >= 0.6 is 7.26 Å². The first kappa shape index (κ1) is 15.3. The van der Waals surface area contributed by atoms with E-state index in [1.165, 1.54) is 0 Å². The van der Waals surface area contributed by atoms with Gasteiger partial charge in [0.1, 0.15) is 5.75 Å². The van der Waals surface area contributed by atoms with Crippen molar-refractivity contribution in [2.75, 3.05) is 32.4 Å². The molecule has 0 spiro atoms. The average Bonchev–Trinajstić information content (AvgIpc) is 3.13. The summed E-state index contributed by atoms with van der Waals surface area (Å²) < 4.78 is 5.26. The van der Waals surface area contributed by atoms with Gasteiger partial charge in [-0.25, -0.2) is 0 Å². The zero-order valence-electron chi connectivity index (χ0n) is 13.3. The molecule has 0 heterocycles. The lowest BCUT2D eigenvalue weighted by Gasteiger charge is -2.24. The molecule has 0 atom stereocenters. The second kappa shape index (κ2) is 5.04. The van der Waals surface area contributed by atoms with Crippen LogP contribution in [0.15, 0.2) is 12.1 Å². The lowest BCUT2D eigenvalue weighted by atomic mass is 10.1. The van der Waals surface area contributed by atoms with E-state index in [0.29, 0.717) is 0 Å². The Morgan fingerprint density at radius 3 is 2.05 bits per heavy atom. The van der Waals surface area contributed by atoms with E-state index in [-0.39, 0.29) is 11.1 Å². The third-order valence-electron chi connectivity index (χ3n) is 4.41. The van der Waals surface area contributed by atoms with Crippen LogP contribution in [0.2, 0.25) is 0 Å². The minimum atomic E-state index is -1.18. The summed E-state index contributed by atoms with van der Waals surface area (Å²) >= 11 is 0. The quantitative estimate of drug-likeness (QED) is 0.860. The van der Waals surface area contributed by atoms with Crippen LogP contribution < -0.4 is 10.1 Å². The fourth-order valence-electron chi connectivity index (χ4n) is 2.79. The van der Waals surface area contributed by atoms with Crippen molar-refractivity contribution in [2.45, 2.75) is 31.8 Å². The molecule has 20 heavy (non-hydrogen) atoms. The van der Waals surface area contributed by atoms with Gasteiger partial charge in [-0.1, -0.05) is 0 Å². The Balaban J connectivity index is 2.26. The first-order valence-corrected chi connectivity index (χ1v) is 10.1. The standard InChI is InChI=1S/C16H24NO2P/c1-11-9-13(19-3)10-12(2)14(11)17-15(18)16(7-8-16)20(4,5)6/h9-10H,7-8H2,1-6H3/p+1. The van der Waals surface area contributed by atoms with Gasteiger partial charge in [0.15, 0.2) is 5.16 Å². The smallest absolute Gasteiger partial charge is 0.268 e. The molecule has 4 heteroatoms. The van der Waals surface area contributed by atoms with Crippen LogP contribution in [0, 0.1) is 13.8 Å². The second-order valence-electron chi connectivity index (χ2n) is 6.63. The van der Waals surface area contributed by atoms with Gasteiger partial charge in [-0.2, -0.15) is 0 Å². The van der Waals surface area contributed by atoms with Crippen molar-refractivity contribution >= 4 is 18.9 Å². The summed E-state index contributed by atoms with van der Waals surface area (Å²) in [5, 5.41) is 3.08. The molecule has 1 N–H and O–H groups in total. The van der Waals surface area contributed by atoms with E-state index in [1.54, 1.807) is 7.11 Å². The zero-order valence-corrected chi connectivity index (χ0v) is 14.2. The number of carbonyl (C=O) groups is 1. The Hall–Kier alpha value is -1.08. The summed E-state index contributed by atoms with van der Waals surface area (Å²) in [6.45, 7) is 10.8. The van der Waals surface area contributed by atoms with E-state index in [2.05, 4.69) is 25.3 Å². The Labute approximate surface area is 122 Å². The fourth-order valence-corrected chi connectivity index (χ4v) is 4.91. The Kier molecular flexibility index (Phi) is 3.85. The summed E-state index contributed by atoms with van der Waals surface area (Å²) in [4.78, 5) is 12.7. The molecule has 1 aromatic rings. The lowest BCUT2D eigenvalue weighted by molar-refractivity contribution is -0.116. The largest absolute Gasteiger partial charge is 0.497 e. The fraction of sp³-hybridized carbons (Fsp3) is 0.562. The van der Waals surface area contributed by atoms with Crippen LogP contribution in [0.5, 0.6) is 5.75 Å². The third-order valence-corrected chi connectivity index (χ3v) is 7.63. The van der Waals surface area contributed by atoms with Crippen LogP contribution in [0.4, 0.5) is 5.69 Å². The van der Waals surface area contributed by atoms with Gasteiger partial charge in [-0.05, 0) is 37.1 Å². The Morgan fingerprint density at radius 1 is 1.20 bits per heavy atom. The van der Waals surface area contributed by atoms with Gasteiger partial charge in [0.25, 0.3) is 5.91 Å². The molecule has 1 saturated carbocycles. The summed E-state index contributed by atoms with van der Waals surface area (Å²) in [6.07, 6.45) is 2.06. The molecule has 1 amide bonds. The van der Waals surface area contributed by atoms with Crippen molar-refractivity contribution in [3.63, 3.8) is 0 Å². The van der Waals surface area contributed by atoms with Gasteiger partial charge in [0.2, 0.25) is 0 Å². The molecule has 0 radical (unpaired) electrons. The highest BCUT2D eigenvalue weighted by atomic mass is 31.2. The summed E-state index contributed by atoms with van der Waals surface area (Å²) in [5.74, 6) is 1.04. The topological polar surface area (TPSA) is 38.3 Å². The van der Waals surface area contributed by atoms with Gasteiger partial charge >= 0.3 is 0 Å². The SMILES string of the molecule is COc1cc(C)c(NC(=O)C2([P+](C)(C)C)CC2)c(C)c1. The van der Waals surface area contributed by atoms with E-state index in [0.717, 1.165) is 35.4 Å². The number of rotatable bonds is 4. The van der Waals surface area contributed by atoms with E-state index >= 15 is 0 Å². The Bertz CT molecular complexity index is 519.